The summed E-state index contributed by atoms with van der Waals surface area (Å²) in [5, 5.41) is 11.1. The number of aromatic nitrogens is 1. The molecule has 0 radical (unpaired) electrons. The predicted molar refractivity (Wildman–Crippen MR) is 124 cm³/mol. The van der Waals surface area contributed by atoms with E-state index < -0.39 is 5.60 Å². The summed E-state index contributed by atoms with van der Waals surface area (Å²) in [6.45, 7) is 3.98. The zero-order valence-corrected chi connectivity index (χ0v) is 19.6. The van der Waals surface area contributed by atoms with Crippen molar-refractivity contribution in [2.45, 2.75) is 25.0 Å². The average molecular weight is 447 g/mol. The Balaban J connectivity index is 1.53. The Bertz CT molecular complexity index is 865. The third-order valence-electron chi connectivity index (χ3n) is 5.62. The van der Waals surface area contributed by atoms with Gasteiger partial charge in [-0.3, -0.25) is 4.90 Å². The van der Waals surface area contributed by atoms with E-state index in [1.807, 2.05) is 44.2 Å². The molecular weight excluding hydrogens is 411 g/mol. The maximum Gasteiger partial charge on any atom is 0.161 e. The van der Waals surface area contributed by atoms with Gasteiger partial charge >= 0.3 is 0 Å². The minimum absolute atomic E-state index is 0.358. The van der Waals surface area contributed by atoms with Gasteiger partial charge in [-0.1, -0.05) is 6.07 Å². The monoisotopic (exact) mass is 446 g/mol. The number of benzene rings is 1. The van der Waals surface area contributed by atoms with Gasteiger partial charge < -0.3 is 24.4 Å². The molecule has 0 bridgehead atoms. The van der Waals surface area contributed by atoms with Crippen LogP contribution >= 0.6 is 0 Å². The Labute approximate surface area is 190 Å². The highest BCUT2D eigenvalue weighted by molar-refractivity contribution is 5.43. The van der Waals surface area contributed by atoms with Crippen molar-refractivity contribution < 1.29 is 19.0 Å². The molecule has 1 aliphatic heterocycles. The minimum Gasteiger partial charge on any atom is -0.493 e. The first-order chi connectivity index (χ1) is 15.3. The number of hydrogen-bond donors (Lipinski definition) is 1. The zero-order chi connectivity index (χ0) is 23.1. The summed E-state index contributed by atoms with van der Waals surface area (Å²) in [5.41, 5.74) is 0.244. The first-order valence-electron chi connectivity index (χ1n) is 11.0. The molecule has 2 heterocycles. The van der Waals surface area contributed by atoms with E-state index in [0.29, 0.717) is 50.8 Å². The fraction of sp³-hybridized carbons (Fsp3) is 0.542. The van der Waals surface area contributed by atoms with Crippen molar-refractivity contribution in [2.24, 2.45) is 0 Å². The van der Waals surface area contributed by atoms with Crippen LogP contribution in [0.4, 0.5) is 10.2 Å². The van der Waals surface area contributed by atoms with Gasteiger partial charge in [0.15, 0.2) is 11.5 Å². The van der Waals surface area contributed by atoms with E-state index in [2.05, 4.69) is 14.8 Å². The lowest BCUT2D eigenvalue weighted by Crippen LogP contribution is -2.43. The van der Waals surface area contributed by atoms with Crippen LogP contribution in [0.5, 0.6) is 11.5 Å². The highest BCUT2D eigenvalue weighted by Crippen LogP contribution is 2.30. The molecule has 1 aromatic heterocycles. The molecule has 1 saturated heterocycles. The molecule has 1 atom stereocenters. The van der Waals surface area contributed by atoms with E-state index in [1.54, 1.807) is 13.2 Å². The Morgan fingerprint density at radius 3 is 2.69 bits per heavy atom. The van der Waals surface area contributed by atoms with Gasteiger partial charge in [0.05, 0.1) is 25.5 Å². The molecule has 8 heteroatoms. The number of halogens is 1. The van der Waals surface area contributed by atoms with Crippen LogP contribution in [0.1, 0.15) is 18.4 Å². The first kappa shape index (κ1) is 24.2. The van der Waals surface area contributed by atoms with Crippen molar-refractivity contribution in [3.8, 4) is 11.5 Å². The van der Waals surface area contributed by atoms with Gasteiger partial charge in [0, 0.05) is 32.7 Å². The second kappa shape index (κ2) is 10.9. The Morgan fingerprint density at radius 2 is 2.00 bits per heavy atom. The van der Waals surface area contributed by atoms with Crippen LogP contribution in [0.15, 0.2) is 36.5 Å². The molecule has 0 aliphatic carbocycles. The third kappa shape index (κ3) is 6.79. The molecular formula is C24H35FN4O3. The second-order valence-corrected chi connectivity index (χ2v) is 8.89. The first-order valence-corrected chi connectivity index (χ1v) is 11.0. The van der Waals surface area contributed by atoms with Gasteiger partial charge in [0.25, 0.3) is 0 Å². The van der Waals surface area contributed by atoms with Crippen molar-refractivity contribution in [1.82, 2.24) is 14.8 Å². The van der Waals surface area contributed by atoms with Crippen LogP contribution in [-0.4, -0.2) is 86.5 Å². The third-order valence-corrected chi connectivity index (χ3v) is 5.62. The van der Waals surface area contributed by atoms with Gasteiger partial charge in [-0.2, -0.15) is 0 Å². The minimum atomic E-state index is -0.843. The molecule has 2 aromatic rings. The van der Waals surface area contributed by atoms with Gasteiger partial charge in [-0.15, -0.1) is 0 Å². The molecule has 1 aliphatic rings. The number of β-amino-alcohol motifs (C(OH)–C–C–N with tert-alkyl or cyclic N) is 1. The Morgan fingerprint density at radius 1 is 1.19 bits per heavy atom. The van der Waals surface area contributed by atoms with Gasteiger partial charge in [0.1, 0.15) is 11.6 Å². The summed E-state index contributed by atoms with van der Waals surface area (Å²) in [4.78, 5) is 10.4. The molecule has 7 nitrogen and oxygen atoms in total. The quantitative estimate of drug-likeness (QED) is 0.533. The SMILES string of the molecule is COc1cc(CN(C)CC2(O)CCN(c3ccc(F)cn3)C2)ccc1OCCCN(C)C. The van der Waals surface area contributed by atoms with Gasteiger partial charge in [-0.05, 0) is 63.8 Å². The fourth-order valence-electron chi connectivity index (χ4n) is 4.10. The zero-order valence-electron chi connectivity index (χ0n) is 19.6. The fourth-order valence-corrected chi connectivity index (χ4v) is 4.10. The molecule has 32 heavy (non-hydrogen) atoms. The summed E-state index contributed by atoms with van der Waals surface area (Å²) in [7, 11) is 7.74. The molecule has 3 rings (SSSR count). The molecule has 1 fully saturated rings. The molecule has 1 aromatic carbocycles. The summed E-state index contributed by atoms with van der Waals surface area (Å²) < 4.78 is 24.5. The lowest BCUT2D eigenvalue weighted by atomic mass is 10.0. The number of likely N-dealkylation sites (N-methyl/N-ethyl adjacent to an activating group) is 1. The summed E-state index contributed by atoms with van der Waals surface area (Å²) in [5.74, 6) is 1.79. The number of pyridine rings is 1. The number of hydrogen-bond acceptors (Lipinski definition) is 7. The highest BCUT2D eigenvalue weighted by atomic mass is 19.1. The molecule has 0 amide bonds. The number of anilines is 1. The van der Waals surface area contributed by atoms with E-state index in [0.717, 1.165) is 24.3 Å². The predicted octanol–water partition coefficient (Wildman–Crippen LogP) is 2.63. The highest BCUT2D eigenvalue weighted by Gasteiger charge is 2.37. The molecule has 176 valence electrons. The number of ether oxygens (including phenoxy) is 2. The summed E-state index contributed by atoms with van der Waals surface area (Å²) in [6.07, 6.45) is 2.80. The maximum atomic E-state index is 13.1. The average Bonchev–Trinajstić information content (AvgIpc) is 3.13. The smallest absolute Gasteiger partial charge is 0.161 e. The van der Waals surface area contributed by atoms with Crippen molar-refractivity contribution in [1.29, 1.82) is 0 Å². The van der Waals surface area contributed by atoms with E-state index in [1.165, 1.54) is 12.3 Å². The van der Waals surface area contributed by atoms with Crippen molar-refractivity contribution in [3.63, 3.8) is 0 Å². The molecule has 0 spiro atoms. The van der Waals surface area contributed by atoms with Crippen molar-refractivity contribution in [3.05, 3.63) is 47.9 Å². The molecule has 0 saturated carbocycles. The topological polar surface area (TPSA) is 61.3 Å². The Kier molecular flexibility index (Phi) is 8.28. The number of rotatable bonds is 11. The van der Waals surface area contributed by atoms with Crippen LogP contribution in [0.2, 0.25) is 0 Å². The Hall–Kier alpha value is -2.42. The van der Waals surface area contributed by atoms with Crippen LogP contribution in [0.25, 0.3) is 0 Å². The normalized spacial score (nSPS) is 18.6. The van der Waals surface area contributed by atoms with Crippen LogP contribution in [-0.2, 0) is 6.54 Å². The molecule has 1 N–H and O–H groups in total. The van der Waals surface area contributed by atoms with Crippen LogP contribution < -0.4 is 14.4 Å². The summed E-state index contributed by atoms with van der Waals surface area (Å²) in [6, 6.07) is 9.03. The maximum absolute atomic E-state index is 13.1. The summed E-state index contributed by atoms with van der Waals surface area (Å²) >= 11 is 0. The number of aliphatic hydroxyl groups is 1. The standard InChI is InChI=1S/C24H35FN4O3/c1-27(2)11-5-13-32-21-8-6-19(14-22(21)31-4)16-28(3)17-24(30)10-12-29(18-24)23-9-7-20(25)15-26-23/h6-9,14-15,30H,5,10-13,16-18H2,1-4H3. The van der Waals surface area contributed by atoms with E-state index in [-0.39, 0.29) is 5.82 Å². The van der Waals surface area contributed by atoms with Crippen LogP contribution in [0, 0.1) is 5.82 Å². The largest absolute Gasteiger partial charge is 0.493 e. The lowest BCUT2D eigenvalue weighted by molar-refractivity contribution is 0.0279. The van der Waals surface area contributed by atoms with E-state index >= 15 is 0 Å². The number of nitrogens with zero attached hydrogens (tertiary/aromatic N) is 4. The van der Waals surface area contributed by atoms with E-state index in [4.69, 9.17) is 9.47 Å². The van der Waals surface area contributed by atoms with E-state index in [9.17, 15) is 9.50 Å². The number of methoxy groups -OCH3 is 1. The van der Waals surface area contributed by atoms with Gasteiger partial charge in [0.2, 0.25) is 0 Å². The van der Waals surface area contributed by atoms with Crippen LogP contribution in [0.3, 0.4) is 0 Å². The second-order valence-electron chi connectivity index (χ2n) is 8.89. The van der Waals surface area contributed by atoms with Crippen molar-refractivity contribution >= 4 is 5.82 Å². The van der Waals surface area contributed by atoms with Gasteiger partial charge in [-0.25, -0.2) is 9.37 Å². The van der Waals surface area contributed by atoms with Crippen molar-refractivity contribution in [2.75, 3.05) is 65.9 Å². The lowest BCUT2D eigenvalue weighted by Gasteiger charge is -2.29. The molecule has 1 unspecified atom stereocenters.